The molecule has 122 valence electrons. The normalized spacial score (nSPS) is 15.8. The van der Waals surface area contributed by atoms with Gasteiger partial charge in [-0.05, 0) is 47.5 Å². The second kappa shape index (κ2) is 7.52. The second-order valence-corrected chi connectivity index (χ2v) is 6.32. The van der Waals surface area contributed by atoms with Crippen molar-refractivity contribution in [3.05, 3.63) is 0 Å². The summed E-state index contributed by atoms with van der Waals surface area (Å²) in [5.74, 6) is 0.542. The van der Waals surface area contributed by atoms with Crippen molar-refractivity contribution in [1.29, 1.82) is 0 Å². The highest BCUT2D eigenvalue weighted by Gasteiger charge is 2.34. The summed E-state index contributed by atoms with van der Waals surface area (Å²) in [4.78, 5) is 20.3. The highest BCUT2D eigenvalue weighted by Crippen LogP contribution is 2.28. The predicted octanol–water partition coefficient (Wildman–Crippen LogP) is 2.04. The number of amides is 1. The van der Waals surface area contributed by atoms with Crippen LogP contribution in [-0.2, 0) is 4.74 Å². The van der Waals surface area contributed by atoms with Crippen LogP contribution in [0.15, 0.2) is 4.99 Å². The van der Waals surface area contributed by atoms with Crippen LogP contribution in [0.2, 0.25) is 0 Å². The molecule has 0 spiro atoms. The van der Waals surface area contributed by atoms with Crippen molar-refractivity contribution in [2.24, 2.45) is 10.7 Å². The Kier molecular flexibility index (Phi) is 6.30. The summed E-state index contributed by atoms with van der Waals surface area (Å²) in [5, 5.41) is 0. The van der Waals surface area contributed by atoms with E-state index in [4.69, 9.17) is 10.5 Å². The van der Waals surface area contributed by atoms with Crippen LogP contribution in [-0.4, -0.2) is 59.7 Å². The number of guanidine groups is 1. The molecule has 0 saturated heterocycles. The van der Waals surface area contributed by atoms with Gasteiger partial charge in [0.25, 0.3) is 0 Å². The molecular formula is C15H30N4O2. The second-order valence-electron chi connectivity index (χ2n) is 6.32. The zero-order valence-electron chi connectivity index (χ0n) is 14.1. The fourth-order valence-electron chi connectivity index (χ4n) is 2.05. The van der Waals surface area contributed by atoms with Gasteiger partial charge in [-0.15, -0.1) is 0 Å². The molecule has 0 aromatic heterocycles. The standard InChI is InChI=1S/C15H30N4O2/c1-6-18(7-2)13(16)17-10-11-19(12-8-9-12)14(20)21-15(3,4)5/h12H,6-11H2,1-5H3,(H2,16,17). The summed E-state index contributed by atoms with van der Waals surface area (Å²) in [6, 6.07) is 0.310. The van der Waals surface area contributed by atoms with Gasteiger partial charge in [0.15, 0.2) is 5.96 Å². The number of nitrogens with zero attached hydrogens (tertiary/aromatic N) is 3. The Labute approximate surface area is 128 Å². The van der Waals surface area contributed by atoms with E-state index in [0.717, 1.165) is 25.9 Å². The van der Waals surface area contributed by atoms with Gasteiger partial charge in [-0.2, -0.15) is 0 Å². The maximum atomic E-state index is 12.2. The van der Waals surface area contributed by atoms with Crippen molar-refractivity contribution in [2.45, 2.75) is 59.1 Å². The SMILES string of the molecule is CCN(CC)C(N)=NCCN(C(=O)OC(C)(C)C)C1CC1. The minimum absolute atomic E-state index is 0.249. The number of hydrogen-bond donors (Lipinski definition) is 1. The van der Waals surface area contributed by atoms with Crippen molar-refractivity contribution < 1.29 is 9.53 Å². The van der Waals surface area contributed by atoms with Crippen molar-refractivity contribution in [3.8, 4) is 0 Å². The fourth-order valence-corrected chi connectivity index (χ4v) is 2.05. The Bertz CT molecular complexity index is 368. The fraction of sp³-hybridized carbons (Fsp3) is 0.867. The monoisotopic (exact) mass is 298 g/mol. The molecule has 1 rings (SSSR count). The summed E-state index contributed by atoms with van der Waals surface area (Å²) in [6.45, 7) is 12.5. The van der Waals surface area contributed by atoms with Crippen molar-refractivity contribution in [3.63, 3.8) is 0 Å². The Morgan fingerprint density at radius 1 is 1.29 bits per heavy atom. The lowest BCUT2D eigenvalue weighted by molar-refractivity contribution is 0.0240. The molecule has 1 aliphatic carbocycles. The number of rotatable bonds is 6. The van der Waals surface area contributed by atoms with E-state index < -0.39 is 5.60 Å². The van der Waals surface area contributed by atoms with Gasteiger partial charge in [0.2, 0.25) is 0 Å². The van der Waals surface area contributed by atoms with E-state index in [1.165, 1.54) is 0 Å². The van der Waals surface area contributed by atoms with Crippen LogP contribution in [0.5, 0.6) is 0 Å². The molecule has 0 heterocycles. The summed E-state index contributed by atoms with van der Waals surface area (Å²) >= 11 is 0. The molecule has 1 aliphatic rings. The Balaban J connectivity index is 2.52. The summed E-state index contributed by atoms with van der Waals surface area (Å²) in [7, 11) is 0. The van der Waals surface area contributed by atoms with E-state index >= 15 is 0 Å². The maximum absolute atomic E-state index is 12.2. The Hall–Kier alpha value is -1.46. The van der Waals surface area contributed by atoms with E-state index in [0.29, 0.717) is 25.1 Å². The van der Waals surface area contributed by atoms with E-state index in [-0.39, 0.29) is 6.09 Å². The molecule has 0 aromatic carbocycles. The van der Waals surface area contributed by atoms with E-state index in [9.17, 15) is 4.79 Å². The smallest absolute Gasteiger partial charge is 0.410 e. The lowest BCUT2D eigenvalue weighted by atomic mass is 10.2. The van der Waals surface area contributed by atoms with Gasteiger partial charge in [0.1, 0.15) is 5.60 Å². The zero-order chi connectivity index (χ0) is 16.0. The molecule has 0 bridgehead atoms. The first kappa shape index (κ1) is 17.6. The van der Waals surface area contributed by atoms with Crippen LogP contribution in [0.25, 0.3) is 0 Å². The molecule has 1 amide bonds. The summed E-state index contributed by atoms with van der Waals surface area (Å²) in [6.07, 6.45) is 1.85. The lowest BCUT2D eigenvalue weighted by Gasteiger charge is -2.27. The molecule has 1 fully saturated rings. The summed E-state index contributed by atoms with van der Waals surface area (Å²) < 4.78 is 5.45. The molecule has 0 radical (unpaired) electrons. The zero-order valence-corrected chi connectivity index (χ0v) is 14.1. The highest BCUT2D eigenvalue weighted by atomic mass is 16.6. The van der Waals surface area contributed by atoms with E-state index in [2.05, 4.69) is 4.99 Å². The minimum atomic E-state index is -0.465. The first-order valence-corrected chi connectivity index (χ1v) is 7.83. The van der Waals surface area contributed by atoms with E-state index in [1.807, 2.05) is 39.5 Å². The van der Waals surface area contributed by atoms with Crippen LogP contribution in [0.1, 0.15) is 47.5 Å². The van der Waals surface area contributed by atoms with Crippen LogP contribution in [0.3, 0.4) is 0 Å². The Morgan fingerprint density at radius 2 is 1.86 bits per heavy atom. The Morgan fingerprint density at radius 3 is 2.29 bits per heavy atom. The van der Waals surface area contributed by atoms with Gasteiger partial charge in [-0.3, -0.25) is 4.99 Å². The molecule has 1 saturated carbocycles. The number of carbonyl (C=O) groups excluding carboxylic acids is 1. The van der Waals surface area contributed by atoms with Crippen LogP contribution >= 0.6 is 0 Å². The molecule has 0 atom stereocenters. The van der Waals surface area contributed by atoms with Crippen molar-refractivity contribution in [1.82, 2.24) is 9.80 Å². The quantitative estimate of drug-likeness (QED) is 0.602. The topological polar surface area (TPSA) is 71.2 Å². The minimum Gasteiger partial charge on any atom is -0.444 e. The van der Waals surface area contributed by atoms with E-state index in [1.54, 1.807) is 4.90 Å². The van der Waals surface area contributed by atoms with Crippen molar-refractivity contribution >= 4 is 12.1 Å². The van der Waals surface area contributed by atoms with Crippen molar-refractivity contribution in [2.75, 3.05) is 26.2 Å². The lowest BCUT2D eigenvalue weighted by Crippen LogP contribution is -2.41. The molecule has 6 nitrogen and oxygen atoms in total. The largest absolute Gasteiger partial charge is 0.444 e. The van der Waals surface area contributed by atoms with Gasteiger partial charge in [0, 0.05) is 25.7 Å². The third-order valence-electron chi connectivity index (χ3n) is 3.32. The molecule has 6 heteroatoms. The maximum Gasteiger partial charge on any atom is 0.410 e. The van der Waals surface area contributed by atoms with Gasteiger partial charge < -0.3 is 20.3 Å². The molecule has 21 heavy (non-hydrogen) atoms. The third-order valence-corrected chi connectivity index (χ3v) is 3.32. The van der Waals surface area contributed by atoms with Crippen LogP contribution < -0.4 is 5.73 Å². The van der Waals surface area contributed by atoms with Gasteiger partial charge >= 0.3 is 6.09 Å². The van der Waals surface area contributed by atoms with Gasteiger partial charge in [-0.1, -0.05) is 0 Å². The molecule has 2 N–H and O–H groups in total. The summed E-state index contributed by atoms with van der Waals surface area (Å²) in [5.41, 5.74) is 5.47. The van der Waals surface area contributed by atoms with Gasteiger partial charge in [-0.25, -0.2) is 4.79 Å². The first-order valence-electron chi connectivity index (χ1n) is 7.83. The predicted molar refractivity (Wildman–Crippen MR) is 85.4 cm³/mol. The van der Waals surface area contributed by atoms with Crippen LogP contribution in [0.4, 0.5) is 4.79 Å². The average molecular weight is 298 g/mol. The molecule has 0 aliphatic heterocycles. The number of carbonyl (C=O) groups is 1. The third kappa shape index (κ3) is 6.23. The first-order chi connectivity index (χ1) is 9.78. The number of nitrogens with two attached hydrogens (primary N) is 1. The van der Waals surface area contributed by atoms with Gasteiger partial charge in [0.05, 0.1) is 6.54 Å². The molecular weight excluding hydrogens is 268 g/mol. The number of aliphatic imine (C=N–C) groups is 1. The molecule has 0 aromatic rings. The number of ether oxygens (including phenoxy) is 1. The number of hydrogen-bond acceptors (Lipinski definition) is 3. The van der Waals surface area contributed by atoms with Crippen LogP contribution in [0, 0.1) is 0 Å². The highest BCUT2D eigenvalue weighted by molar-refractivity contribution is 5.78. The molecule has 0 unspecified atom stereocenters. The average Bonchev–Trinajstić information content (AvgIpc) is 3.18.